The molecule has 1 saturated carbocycles. The van der Waals surface area contributed by atoms with Crippen LogP contribution in [-0.4, -0.2) is 36.6 Å². The fourth-order valence-corrected chi connectivity index (χ4v) is 4.62. The fourth-order valence-electron chi connectivity index (χ4n) is 3.58. The smallest absolute Gasteiger partial charge is 0.269 e. The standard InChI is InChI=1S/C20H30N2O6Si/c1-13-17(12-28-29(5,6)20(2,3)4)19(22(26)27)16(11-18(13)23)14-7-9-15(10-8-14)21(24)25/h7-10,13,16-17,19H,11-12H2,1-6H3/t13-,16-,17+,19-/m1/s1. The van der Waals surface area contributed by atoms with E-state index in [0.717, 1.165) is 0 Å². The molecule has 0 unspecified atom stereocenters. The molecule has 2 rings (SSSR count). The molecule has 4 atom stereocenters. The van der Waals surface area contributed by atoms with Crippen molar-refractivity contribution in [2.75, 3.05) is 6.61 Å². The Kier molecular flexibility index (Phi) is 6.64. The van der Waals surface area contributed by atoms with Crippen molar-refractivity contribution in [3.63, 3.8) is 0 Å². The lowest BCUT2D eigenvalue weighted by atomic mass is 9.68. The Labute approximate surface area is 172 Å². The summed E-state index contributed by atoms with van der Waals surface area (Å²) in [7, 11) is -2.14. The Balaban J connectivity index is 2.35. The Morgan fingerprint density at radius 3 is 2.14 bits per heavy atom. The Morgan fingerprint density at radius 2 is 1.69 bits per heavy atom. The Morgan fingerprint density at radius 1 is 1.14 bits per heavy atom. The number of nitro groups is 2. The molecule has 0 aromatic heterocycles. The molecular formula is C20H30N2O6Si. The van der Waals surface area contributed by atoms with Gasteiger partial charge in [0.15, 0.2) is 8.32 Å². The molecule has 1 aromatic carbocycles. The summed E-state index contributed by atoms with van der Waals surface area (Å²) in [5, 5.41) is 22.9. The second-order valence-electron chi connectivity index (χ2n) is 9.43. The minimum Gasteiger partial charge on any atom is -0.416 e. The van der Waals surface area contributed by atoms with Crippen molar-refractivity contribution in [2.24, 2.45) is 11.8 Å². The highest BCUT2D eigenvalue weighted by Gasteiger charge is 2.51. The second kappa shape index (κ2) is 8.31. The molecular weight excluding hydrogens is 392 g/mol. The molecule has 1 aromatic rings. The van der Waals surface area contributed by atoms with Gasteiger partial charge in [0.25, 0.3) is 5.69 Å². The van der Waals surface area contributed by atoms with E-state index < -0.39 is 37.0 Å². The molecule has 0 bridgehead atoms. The predicted molar refractivity (Wildman–Crippen MR) is 112 cm³/mol. The first-order valence-corrected chi connectivity index (χ1v) is 12.7. The number of benzene rings is 1. The highest BCUT2D eigenvalue weighted by Crippen LogP contribution is 2.42. The molecule has 0 spiro atoms. The van der Waals surface area contributed by atoms with Gasteiger partial charge >= 0.3 is 0 Å². The SMILES string of the molecule is C[C@H]1C(=O)C[C@H](c2ccc([N+](=O)[O-])cc2)[C@@H]([N+](=O)[O-])[C@H]1CO[Si](C)(C)C(C)(C)C. The summed E-state index contributed by atoms with van der Waals surface area (Å²) in [6.07, 6.45) is 0.0568. The van der Waals surface area contributed by atoms with Gasteiger partial charge in [-0.15, -0.1) is 0 Å². The molecule has 0 aliphatic heterocycles. The van der Waals surface area contributed by atoms with E-state index in [2.05, 4.69) is 33.9 Å². The first kappa shape index (κ1) is 23.1. The monoisotopic (exact) mass is 422 g/mol. The number of Topliss-reactive ketones (excluding diaryl/α,β-unsaturated/α-hetero) is 1. The largest absolute Gasteiger partial charge is 0.416 e. The van der Waals surface area contributed by atoms with Gasteiger partial charge in [-0.1, -0.05) is 39.8 Å². The molecule has 0 saturated heterocycles. The van der Waals surface area contributed by atoms with Gasteiger partial charge in [0, 0.05) is 36.0 Å². The molecule has 1 aliphatic rings. The summed E-state index contributed by atoms with van der Waals surface area (Å²) in [4.78, 5) is 34.8. The third-order valence-corrected chi connectivity index (χ3v) is 11.1. The minimum atomic E-state index is -2.14. The van der Waals surface area contributed by atoms with Crippen LogP contribution < -0.4 is 0 Å². The van der Waals surface area contributed by atoms with Crippen LogP contribution in [0.15, 0.2) is 24.3 Å². The summed E-state index contributed by atoms with van der Waals surface area (Å²) in [5.74, 6) is -1.66. The lowest BCUT2D eigenvalue weighted by Gasteiger charge is -2.40. The maximum absolute atomic E-state index is 12.7. The zero-order chi connectivity index (χ0) is 22.1. The van der Waals surface area contributed by atoms with E-state index in [0.29, 0.717) is 5.56 Å². The summed E-state index contributed by atoms with van der Waals surface area (Å²) in [6.45, 7) is 12.4. The quantitative estimate of drug-likeness (QED) is 0.377. The number of ketones is 1. The maximum atomic E-state index is 12.7. The van der Waals surface area contributed by atoms with E-state index in [1.54, 1.807) is 6.92 Å². The average molecular weight is 423 g/mol. The number of non-ortho nitro benzene ring substituents is 1. The number of rotatable bonds is 6. The normalized spacial score (nSPS) is 25.7. The van der Waals surface area contributed by atoms with Crippen molar-refractivity contribution in [3.05, 3.63) is 50.1 Å². The van der Waals surface area contributed by atoms with Crippen LogP contribution in [0, 0.1) is 32.1 Å². The highest BCUT2D eigenvalue weighted by atomic mass is 28.4. The minimum absolute atomic E-state index is 0.0321. The number of nitro benzene ring substituents is 1. The summed E-state index contributed by atoms with van der Waals surface area (Å²) in [6, 6.07) is 4.73. The van der Waals surface area contributed by atoms with Crippen LogP contribution in [0.25, 0.3) is 0 Å². The number of carbonyl (C=O) groups is 1. The van der Waals surface area contributed by atoms with Crippen LogP contribution in [-0.2, 0) is 9.22 Å². The molecule has 0 N–H and O–H groups in total. The topological polar surface area (TPSA) is 113 Å². The average Bonchev–Trinajstić information content (AvgIpc) is 2.61. The van der Waals surface area contributed by atoms with Gasteiger partial charge in [-0.05, 0) is 23.7 Å². The lowest BCUT2D eigenvalue weighted by Crippen LogP contribution is -2.50. The number of nitrogens with zero attached hydrogens (tertiary/aromatic N) is 2. The summed E-state index contributed by atoms with van der Waals surface area (Å²) < 4.78 is 6.26. The van der Waals surface area contributed by atoms with Crippen LogP contribution in [0.4, 0.5) is 5.69 Å². The molecule has 9 heteroatoms. The van der Waals surface area contributed by atoms with E-state index in [-0.39, 0.29) is 34.5 Å². The Hall–Kier alpha value is -2.13. The fraction of sp³-hybridized carbons (Fsp3) is 0.650. The van der Waals surface area contributed by atoms with E-state index in [1.165, 1.54) is 24.3 Å². The van der Waals surface area contributed by atoms with Crippen molar-refractivity contribution in [1.82, 2.24) is 0 Å². The lowest BCUT2D eigenvalue weighted by molar-refractivity contribution is -0.540. The van der Waals surface area contributed by atoms with Crippen LogP contribution in [0.2, 0.25) is 18.1 Å². The third-order valence-electron chi connectivity index (χ3n) is 6.64. The molecule has 8 nitrogen and oxygen atoms in total. The molecule has 0 radical (unpaired) electrons. The van der Waals surface area contributed by atoms with Crippen molar-refractivity contribution < 1.29 is 19.1 Å². The molecule has 1 fully saturated rings. The van der Waals surface area contributed by atoms with Gasteiger partial charge in [-0.3, -0.25) is 25.0 Å². The number of hydrogen-bond donors (Lipinski definition) is 0. The van der Waals surface area contributed by atoms with Crippen molar-refractivity contribution in [1.29, 1.82) is 0 Å². The van der Waals surface area contributed by atoms with Crippen LogP contribution >= 0.6 is 0 Å². The maximum Gasteiger partial charge on any atom is 0.269 e. The van der Waals surface area contributed by atoms with Crippen LogP contribution in [0.3, 0.4) is 0 Å². The van der Waals surface area contributed by atoms with Gasteiger partial charge in [-0.25, -0.2) is 0 Å². The second-order valence-corrected chi connectivity index (χ2v) is 14.2. The van der Waals surface area contributed by atoms with Gasteiger partial charge in [0.2, 0.25) is 6.04 Å². The van der Waals surface area contributed by atoms with E-state index in [1.807, 2.05) is 0 Å². The molecule has 0 amide bonds. The third kappa shape index (κ3) is 4.89. The zero-order valence-electron chi connectivity index (χ0n) is 17.9. The number of carbonyl (C=O) groups excluding carboxylic acids is 1. The van der Waals surface area contributed by atoms with E-state index in [9.17, 15) is 25.0 Å². The van der Waals surface area contributed by atoms with Gasteiger partial charge < -0.3 is 4.43 Å². The summed E-state index contributed by atoms with van der Waals surface area (Å²) in [5.41, 5.74) is 0.495. The van der Waals surface area contributed by atoms with Crippen LogP contribution in [0.5, 0.6) is 0 Å². The van der Waals surface area contributed by atoms with Gasteiger partial charge in [0.05, 0.1) is 16.8 Å². The van der Waals surface area contributed by atoms with Crippen LogP contribution in [0.1, 0.15) is 45.6 Å². The zero-order valence-corrected chi connectivity index (χ0v) is 18.9. The molecule has 0 heterocycles. The molecule has 1 aliphatic carbocycles. The van der Waals surface area contributed by atoms with Crippen molar-refractivity contribution in [2.45, 2.75) is 64.2 Å². The van der Waals surface area contributed by atoms with Gasteiger partial charge in [-0.2, -0.15) is 0 Å². The van der Waals surface area contributed by atoms with E-state index >= 15 is 0 Å². The molecule has 29 heavy (non-hydrogen) atoms. The van der Waals surface area contributed by atoms with E-state index in [4.69, 9.17) is 4.43 Å². The predicted octanol–water partition coefficient (Wildman–Crippen LogP) is 4.57. The first-order chi connectivity index (χ1) is 13.3. The van der Waals surface area contributed by atoms with Crippen molar-refractivity contribution in [3.8, 4) is 0 Å². The summed E-state index contributed by atoms with van der Waals surface area (Å²) >= 11 is 0. The highest BCUT2D eigenvalue weighted by molar-refractivity contribution is 6.74. The van der Waals surface area contributed by atoms with Gasteiger partial charge in [0.1, 0.15) is 5.78 Å². The van der Waals surface area contributed by atoms with Crippen molar-refractivity contribution >= 4 is 19.8 Å². The Bertz CT molecular complexity index is 787. The molecule has 160 valence electrons. The first-order valence-electron chi connectivity index (χ1n) is 9.81. The number of hydrogen-bond acceptors (Lipinski definition) is 6.